The molecule has 1 aromatic heterocycles. The van der Waals surface area contributed by atoms with Crippen LogP contribution in [0.25, 0.3) is 10.9 Å². The highest BCUT2D eigenvalue weighted by Crippen LogP contribution is 2.19. The number of aromatic nitrogens is 1. The minimum absolute atomic E-state index is 0.0826. The Bertz CT molecular complexity index is 887. The zero-order valence-electron chi connectivity index (χ0n) is 12.6. The van der Waals surface area contributed by atoms with E-state index in [-0.39, 0.29) is 12.0 Å². The molecule has 122 valence electrons. The van der Waals surface area contributed by atoms with Crippen molar-refractivity contribution in [1.29, 1.82) is 0 Å². The molecule has 0 aliphatic carbocycles. The third-order valence-corrected chi connectivity index (χ3v) is 3.80. The summed E-state index contributed by atoms with van der Waals surface area (Å²) in [6.45, 7) is 0. The Morgan fingerprint density at radius 1 is 1.12 bits per heavy atom. The van der Waals surface area contributed by atoms with Gasteiger partial charge < -0.3 is 20.2 Å². The van der Waals surface area contributed by atoms with Gasteiger partial charge in [0.1, 0.15) is 5.82 Å². The van der Waals surface area contributed by atoms with E-state index in [0.717, 1.165) is 28.6 Å². The predicted molar refractivity (Wildman–Crippen MR) is 84.7 cm³/mol. The van der Waals surface area contributed by atoms with E-state index in [1.54, 1.807) is 6.20 Å². The van der Waals surface area contributed by atoms with E-state index in [1.165, 1.54) is 12.1 Å². The van der Waals surface area contributed by atoms with Crippen molar-refractivity contribution >= 4 is 22.8 Å². The zero-order chi connectivity index (χ0) is 17.1. The van der Waals surface area contributed by atoms with E-state index in [1.807, 2.05) is 24.3 Å². The number of nitrogens with one attached hydrogen (secondary N) is 2. The van der Waals surface area contributed by atoms with Crippen molar-refractivity contribution in [3.63, 3.8) is 0 Å². The summed E-state index contributed by atoms with van der Waals surface area (Å²) < 4.78 is 12.9. The van der Waals surface area contributed by atoms with E-state index in [4.69, 9.17) is 0 Å². The van der Waals surface area contributed by atoms with Crippen molar-refractivity contribution < 1.29 is 19.1 Å². The lowest BCUT2D eigenvalue weighted by Gasteiger charge is -2.19. The van der Waals surface area contributed by atoms with Crippen molar-refractivity contribution in [1.82, 2.24) is 10.3 Å². The number of hydrogen-bond acceptors (Lipinski definition) is 3. The molecule has 6 heteroatoms. The molecule has 24 heavy (non-hydrogen) atoms. The van der Waals surface area contributed by atoms with Crippen molar-refractivity contribution in [2.75, 3.05) is 0 Å². The maximum atomic E-state index is 12.9. The number of carbonyl (C=O) groups excluding carboxylic acids is 2. The van der Waals surface area contributed by atoms with Crippen LogP contribution >= 0.6 is 0 Å². The second-order valence-corrected chi connectivity index (χ2v) is 5.42. The summed E-state index contributed by atoms with van der Waals surface area (Å²) >= 11 is 0. The molecule has 0 spiro atoms. The molecule has 0 saturated heterocycles. The summed E-state index contributed by atoms with van der Waals surface area (Å²) in [5, 5.41) is 14.7. The van der Waals surface area contributed by atoms with Gasteiger partial charge in [-0.3, -0.25) is 4.79 Å². The average Bonchev–Trinajstić information content (AvgIpc) is 2.98. The van der Waals surface area contributed by atoms with Gasteiger partial charge in [-0.15, -0.1) is 0 Å². The third kappa shape index (κ3) is 3.27. The molecule has 0 saturated carbocycles. The van der Waals surface area contributed by atoms with Gasteiger partial charge in [-0.25, -0.2) is 4.39 Å². The average molecular weight is 325 g/mol. The summed E-state index contributed by atoms with van der Waals surface area (Å²) in [6, 6.07) is 11.2. The van der Waals surface area contributed by atoms with Gasteiger partial charge in [0, 0.05) is 29.1 Å². The maximum Gasteiger partial charge on any atom is 0.251 e. The van der Waals surface area contributed by atoms with Crippen LogP contribution in [0, 0.1) is 5.82 Å². The molecule has 0 radical (unpaired) electrons. The van der Waals surface area contributed by atoms with Crippen LogP contribution in [0.3, 0.4) is 0 Å². The Morgan fingerprint density at radius 3 is 2.54 bits per heavy atom. The number of aromatic amines is 1. The molecule has 1 amide bonds. The highest BCUT2D eigenvalue weighted by Gasteiger charge is 2.17. The van der Waals surface area contributed by atoms with E-state index >= 15 is 0 Å². The number of hydrogen-bond donors (Lipinski definition) is 2. The number of amides is 1. The number of carboxylic acid groups (broad SMARTS) is 1. The minimum Gasteiger partial charge on any atom is -0.548 e. The Morgan fingerprint density at radius 2 is 1.83 bits per heavy atom. The standard InChI is InChI=1S/C18H15FN2O3/c19-13-7-5-11(6-8-13)17(22)21-16(18(23)24)9-12-10-20-15-4-2-1-3-14(12)15/h1-8,10,16,20H,9H2,(H,21,22)(H,23,24)/p-1. The van der Waals surface area contributed by atoms with Crippen LogP contribution in [0.5, 0.6) is 0 Å². The second-order valence-electron chi connectivity index (χ2n) is 5.42. The van der Waals surface area contributed by atoms with E-state index in [9.17, 15) is 19.1 Å². The number of H-pyrrole nitrogens is 1. The molecule has 0 fully saturated rings. The van der Waals surface area contributed by atoms with Crippen molar-refractivity contribution in [2.24, 2.45) is 0 Å². The fourth-order valence-electron chi connectivity index (χ4n) is 2.56. The van der Waals surface area contributed by atoms with Gasteiger partial charge in [0.15, 0.2) is 0 Å². The lowest BCUT2D eigenvalue weighted by Crippen LogP contribution is -2.49. The first kappa shape index (κ1) is 15.7. The van der Waals surface area contributed by atoms with E-state index < -0.39 is 23.7 Å². The molecule has 3 aromatic rings. The Hall–Kier alpha value is -3.15. The summed E-state index contributed by atoms with van der Waals surface area (Å²) in [5.74, 6) is -2.44. The smallest absolute Gasteiger partial charge is 0.251 e. The summed E-state index contributed by atoms with van der Waals surface area (Å²) in [6.07, 6.45) is 1.80. The fraction of sp³-hybridized carbons (Fsp3) is 0.111. The van der Waals surface area contributed by atoms with Gasteiger partial charge in [-0.2, -0.15) is 0 Å². The van der Waals surface area contributed by atoms with E-state index in [2.05, 4.69) is 10.3 Å². The Kier molecular flexibility index (Phi) is 4.29. The molecule has 1 heterocycles. The lowest BCUT2D eigenvalue weighted by molar-refractivity contribution is -0.308. The van der Waals surface area contributed by atoms with Gasteiger partial charge in [-0.1, -0.05) is 18.2 Å². The van der Waals surface area contributed by atoms with Crippen LogP contribution in [0.15, 0.2) is 54.7 Å². The SMILES string of the molecule is O=C(NC(Cc1c[nH]c2ccccc12)C(=O)[O-])c1ccc(F)cc1. The summed E-state index contributed by atoms with van der Waals surface area (Å²) in [4.78, 5) is 26.6. The largest absolute Gasteiger partial charge is 0.548 e. The monoisotopic (exact) mass is 325 g/mol. The molecular formula is C18H14FN2O3-. The summed E-state index contributed by atoms with van der Waals surface area (Å²) in [7, 11) is 0. The minimum atomic E-state index is -1.38. The topological polar surface area (TPSA) is 85.0 Å². The zero-order valence-corrected chi connectivity index (χ0v) is 12.6. The van der Waals surface area contributed by atoms with Crippen LogP contribution in [-0.4, -0.2) is 22.9 Å². The number of halogens is 1. The van der Waals surface area contributed by atoms with Gasteiger partial charge in [-0.05, 0) is 35.9 Å². The molecule has 0 bridgehead atoms. The Balaban J connectivity index is 1.79. The lowest BCUT2D eigenvalue weighted by atomic mass is 10.0. The maximum absolute atomic E-state index is 12.9. The molecule has 1 atom stereocenters. The van der Waals surface area contributed by atoms with Crippen LogP contribution in [0.4, 0.5) is 4.39 Å². The molecule has 0 aliphatic heterocycles. The van der Waals surface area contributed by atoms with E-state index in [0.29, 0.717) is 0 Å². The normalized spacial score (nSPS) is 12.0. The van der Waals surface area contributed by atoms with Crippen molar-refractivity contribution in [2.45, 2.75) is 12.5 Å². The molecule has 2 N–H and O–H groups in total. The van der Waals surface area contributed by atoms with Gasteiger partial charge in [0.25, 0.3) is 5.91 Å². The molecule has 2 aromatic carbocycles. The molecule has 1 unspecified atom stereocenters. The van der Waals surface area contributed by atoms with Crippen molar-refractivity contribution in [3.8, 4) is 0 Å². The van der Waals surface area contributed by atoms with Crippen LogP contribution in [-0.2, 0) is 11.2 Å². The number of para-hydroxylation sites is 1. The molecule has 0 aliphatic rings. The number of fused-ring (bicyclic) bond motifs is 1. The van der Waals surface area contributed by atoms with Gasteiger partial charge >= 0.3 is 0 Å². The molecule has 5 nitrogen and oxygen atoms in total. The number of carboxylic acids is 1. The number of aliphatic carboxylic acids is 1. The first-order chi connectivity index (χ1) is 11.5. The first-order valence-electron chi connectivity index (χ1n) is 7.37. The summed E-state index contributed by atoms with van der Waals surface area (Å²) in [5.41, 5.74) is 1.83. The van der Waals surface area contributed by atoms with Crippen molar-refractivity contribution in [3.05, 3.63) is 71.7 Å². The Labute approximate surface area is 137 Å². The highest BCUT2D eigenvalue weighted by molar-refractivity contribution is 5.96. The van der Waals surface area contributed by atoms with Gasteiger partial charge in [0.05, 0.1) is 12.0 Å². The van der Waals surface area contributed by atoms with Crippen LogP contribution < -0.4 is 10.4 Å². The predicted octanol–water partition coefficient (Wildman–Crippen LogP) is 1.40. The molecule has 3 rings (SSSR count). The van der Waals surface area contributed by atoms with Crippen LogP contribution in [0.2, 0.25) is 0 Å². The number of carbonyl (C=O) groups is 2. The fourth-order valence-corrected chi connectivity index (χ4v) is 2.56. The van der Waals surface area contributed by atoms with Crippen LogP contribution in [0.1, 0.15) is 15.9 Å². The number of rotatable bonds is 5. The van der Waals surface area contributed by atoms with Gasteiger partial charge in [0.2, 0.25) is 0 Å². The highest BCUT2D eigenvalue weighted by atomic mass is 19.1. The number of benzene rings is 2. The second kappa shape index (κ2) is 6.54. The molecular weight excluding hydrogens is 311 g/mol. The quantitative estimate of drug-likeness (QED) is 0.743. The first-order valence-corrected chi connectivity index (χ1v) is 7.37. The third-order valence-electron chi connectivity index (χ3n) is 3.80.